The molecule has 0 radical (unpaired) electrons. The Balaban J connectivity index is 0.00000225. The molecule has 94 valence electrons. The molecule has 6 heteroatoms. The standard InChI is InChI=1S/C10H19N3O2.ClH/c11-5-4-10(15)13-6-2-1-3-8(13)7-9(12)14;/h8H,1-7,11H2,(H2,12,14);1H. The predicted octanol–water partition coefficient (Wildman–Crippen LogP) is 0.0135. The molecule has 16 heavy (non-hydrogen) atoms. The normalized spacial score (nSPS) is 20.1. The molecule has 1 aliphatic heterocycles. The third-order valence-electron chi connectivity index (χ3n) is 2.74. The highest BCUT2D eigenvalue weighted by atomic mass is 35.5. The Morgan fingerprint density at radius 2 is 2.00 bits per heavy atom. The number of hydrogen-bond donors (Lipinski definition) is 2. The molecule has 0 aromatic carbocycles. The SMILES string of the molecule is Cl.NCCC(=O)N1CCCCC1CC(N)=O. The highest BCUT2D eigenvalue weighted by Gasteiger charge is 2.26. The van der Waals surface area contributed by atoms with Crippen molar-refractivity contribution in [2.24, 2.45) is 11.5 Å². The molecule has 1 saturated heterocycles. The molecule has 0 aromatic heterocycles. The number of piperidine rings is 1. The van der Waals surface area contributed by atoms with Crippen molar-refractivity contribution in [3.05, 3.63) is 0 Å². The van der Waals surface area contributed by atoms with Gasteiger partial charge in [-0.15, -0.1) is 12.4 Å². The second-order valence-electron chi connectivity index (χ2n) is 3.95. The average Bonchev–Trinajstić information content (AvgIpc) is 2.18. The topological polar surface area (TPSA) is 89.4 Å². The number of rotatable bonds is 4. The number of nitrogens with zero attached hydrogens (tertiary/aromatic N) is 1. The van der Waals surface area contributed by atoms with Crippen LogP contribution in [0.1, 0.15) is 32.1 Å². The van der Waals surface area contributed by atoms with E-state index in [9.17, 15) is 9.59 Å². The number of halogens is 1. The molecule has 1 heterocycles. The molecule has 1 rings (SSSR count). The van der Waals surface area contributed by atoms with Gasteiger partial charge in [0.15, 0.2) is 0 Å². The second kappa shape index (κ2) is 7.46. The quantitative estimate of drug-likeness (QED) is 0.736. The van der Waals surface area contributed by atoms with E-state index in [4.69, 9.17) is 11.5 Å². The van der Waals surface area contributed by atoms with Gasteiger partial charge in [0, 0.05) is 32.0 Å². The minimum absolute atomic E-state index is 0. The lowest BCUT2D eigenvalue weighted by molar-refractivity contribution is -0.135. The van der Waals surface area contributed by atoms with Crippen LogP contribution in [0.2, 0.25) is 0 Å². The Morgan fingerprint density at radius 1 is 1.31 bits per heavy atom. The van der Waals surface area contributed by atoms with Gasteiger partial charge < -0.3 is 16.4 Å². The van der Waals surface area contributed by atoms with Gasteiger partial charge in [-0.25, -0.2) is 0 Å². The summed E-state index contributed by atoms with van der Waals surface area (Å²) in [5.74, 6) is -0.295. The molecule has 1 unspecified atom stereocenters. The molecular weight excluding hydrogens is 230 g/mol. The van der Waals surface area contributed by atoms with Gasteiger partial charge in [0.1, 0.15) is 0 Å². The van der Waals surface area contributed by atoms with Gasteiger partial charge in [-0.2, -0.15) is 0 Å². The van der Waals surface area contributed by atoms with E-state index in [2.05, 4.69) is 0 Å². The van der Waals surface area contributed by atoms with Crippen LogP contribution >= 0.6 is 12.4 Å². The van der Waals surface area contributed by atoms with Crippen molar-refractivity contribution in [2.75, 3.05) is 13.1 Å². The summed E-state index contributed by atoms with van der Waals surface area (Å²) >= 11 is 0. The van der Waals surface area contributed by atoms with Crippen LogP contribution in [-0.4, -0.2) is 35.8 Å². The molecule has 4 N–H and O–H groups in total. The number of nitrogens with two attached hydrogens (primary N) is 2. The minimum Gasteiger partial charge on any atom is -0.370 e. The number of carbonyl (C=O) groups excluding carboxylic acids is 2. The largest absolute Gasteiger partial charge is 0.370 e. The van der Waals surface area contributed by atoms with Crippen LogP contribution < -0.4 is 11.5 Å². The Kier molecular flexibility index (Phi) is 7.08. The summed E-state index contributed by atoms with van der Waals surface area (Å²) in [5.41, 5.74) is 10.5. The fourth-order valence-corrected chi connectivity index (χ4v) is 2.04. The minimum atomic E-state index is -0.340. The van der Waals surface area contributed by atoms with Gasteiger partial charge in [-0.1, -0.05) is 0 Å². The van der Waals surface area contributed by atoms with Gasteiger partial charge in [0.25, 0.3) is 0 Å². The number of amides is 2. The van der Waals surface area contributed by atoms with E-state index < -0.39 is 0 Å². The molecule has 2 amide bonds. The maximum absolute atomic E-state index is 11.7. The summed E-state index contributed by atoms with van der Waals surface area (Å²) in [5, 5.41) is 0. The first-order valence-electron chi connectivity index (χ1n) is 5.43. The first-order valence-corrected chi connectivity index (χ1v) is 5.43. The first kappa shape index (κ1) is 15.2. The van der Waals surface area contributed by atoms with Crippen LogP contribution in [-0.2, 0) is 9.59 Å². The van der Waals surface area contributed by atoms with Crippen LogP contribution in [0, 0.1) is 0 Å². The van der Waals surface area contributed by atoms with Gasteiger partial charge in [0.05, 0.1) is 0 Å². The average molecular weight is 250 g/mol. The Morgan fingerprint density at radius 3 is 2.56 bits per heavy atom. The number of likely N-dealkylation sites (tertiary alicyclic amines) is 1. The summed E-state index contributed by atoms with van der Waals surface area (Å²) in [6.07, 6.45) is 3.57. The van der Waals surface area contributed by atoms with Crippen molar-refractivity contribution in [3.63, 3.8) is 0 Å². The number of carbonyl (C=O) groups is 2. The summed E-state index contributed by atoms with van der Waals surface area (Å²) in [6.45, 7) is 1.09. The van der Waals surface area contributed by atoms with E-state index >= 15 is 0 Å². The van der Waals surface area contributed by atoms with Crippen LogP contribution in [0.3, 0.4) is 0 Å². The number of primary amides is 1. The molecule has 0 bridgehead atoms. The Bertz CT molecular complexity index is 248. The van der Waals surface area contributed by atoms with Crippen LogP contribution in [0.25, 0.3) is 0 Å². The number of hydrogen-bond acceptors (Lipinski definition) is 3. The third-order valence-corrected chi connectivity index (χ3v) is 2.74. The molecule has 1 aliphatic rings. The van der Waals surface area contributed by atoms with E-state index in [-0.39, 0.29) is 36.7 Å². The smallest absolute Gasteiger partial charge is 0.224 e. The van der Waals surface area contributed by atoms with Crippen molar-refractivity contribution in [3.8, 4) is 0 Å². The summed E-state index contributed by atoms with van der Waals surface area (Å²) < 4.78 is 0. The highest BCUT2D eigenvalue weighted by molar-refractivity contribution is 5.85. The predicted molar refractivity (Wildman–Crippen MR) is 64.1 cm³/mol. The van der Waals surface area contributed by atoms with Gasteiger partial charge in [0.2, 0.25) is 11.8 Å². The monoisotopic (exact) mass is 249 g/mol. The summed E-state index contributed by atoms with van der Waals surface area (Å²) in [4.78, 5) is 24.3. The maximum atomic E-state index is 11.7. The summed E-state index contributed by atoms with van der Waals surface area (Å²) in [7, 11) is 0. The van der Waals surface area contributed by atoms with Crippen LogP contribution in [0.5, 0.6) is 0 Å². The van der Waals surface area contributed by atoms with Crippen molar-refractivity contribution in [1.29, 1.82) is 0 Å². The molecule has 0 spiro atoms. The molecule has 0 saturated carbocycles. The van der Waals surface area contributed by atoms with Crippen molar-refractivity contribution in [2.45, 2.75) is 38.1 Å². The Labute approximate surface area is 102 Å². The third kappa shape index (κ3) is 4.37. The molecule has 1 fully saturated rings. The fourth-order valence-electron chi connectivity index (χ4n) is 2.04. The van der Waals surface area contributed by atoms with Gasteiger partial charge in [-0.05, 0) is 19.3 Å². The first-order chi connectivity index (χ1) is 7.15. The highest BCUT2D eigenvalue weighted by Crippen LogP contribution is 2.20. The van der Waals surface area contributed by atoms with E-state index in [0.29, 0.717) is 13.0 Å². The lowest BCUT2D eigenvalue weighted by Gasteiger charge is -2.35. The van der Waals surface area contributed by atoms with Crippen LogP contribution in [0.4, 0.5) is 0 Å². The molecular formula is C10H20ClN3O2. The zero-order chi connectivity index (χ0) is 11.3. The van der Waals surface area contributed by atoms with E-state index in [1.165, 1.54) is 0 Å². The molecule has 5 nitrogen and oxygen atoms in total. The maximum Gasteiger partial charge on any atom is 0.224 e. The van der Waals surface area contributed by atoms with Crippen molar-refractivity contribution < 1.29 is 9.59 Å². The van der Waals surface area contributed by atoms with Crippen molar-refractivity contribution in [1.82, 2.24) is 4.90 Å². The van der Waals surface area contributed by atoms with E-state index in [1.807, 2.05) is 0 Å². The zero-order valence-electron chi connectivity index (χ0n) is 9.35. The van der Waals surface area contributed by atoms with Gasteiger partial charge in [-0.3, -0.25) is 9.59 Å². The Hall–Kier alpha value is -0.810. The lowest BCUT2D eigenvalue weighted by Crippen LogP contribution is -2.45. The van der Waals surface area contributed by atoms with E-state index in [0.717, 1.165) is 25.8 Å². The molecule has 0 aromatic rings. The second-order valence-corrected chi connectivity index (χ2v) is 3.95. The summed E-state index contributed by atoms with van der Waals surface area (Å²) in [6, 6.07) is -0.00435. The molecule has 1 atom stereocenters. The van der Waals surface area contributed by atoms with Gasteiger partial charge >= 0.3 is 0 Å². The van der Waals surface area contributed by atoms with Crippen LogP contribution in [0.15, 0.2) is 0 Å². The fraction of sp³-hybridized carbons (Fsp3) is 0.800. The van der Waals surface area contributed by atoms with E-state index in [1.54, 1.807) is 4.90 Å². The van der Waals surface area contributed by atoms with Crippen molar-refractivity contribution >= 4 is 24.2 Å². The zero-order valence-corrected chi connectivity index (χ0v) is 10.2. The molecule has 0 aliphatic carbocycles. The lowest BCUT2D eigenvalue weighted by atomic mass is 9.98.